The molecule has 1 aromatic rings. The molecule has 0 bridgehead atoms. The van der Waals surface area contributed by atoms with Crippen LogP contribution in [0.15, 0.2) is 17.0 Å². The van der Waals surface area contributed by atoms with Crippen molar-refractivity contribution in [3.63, 3.8) is 0 Å². The highest BCUT2D eigenvalue weighted by atomic mass is 35.5. The second kappa shape index (κ2) is 7.79. The topological polar surface area (TPSA) is 58.2 Å². The Hall–Kier alpha value is -0.690. The standard InChI is InChI=1S/C12H19FN2O2S.ClH/c1-4-14-5-6-15-18(16,17)12-9(2)7-11(13)8-10(12)3;/h7-8,14-15H,4-6H2,1-3H3;1H. The lowest BCUT2D eigenvalue weighted by atomic mass is 10.1. The van der Waals surface area contributed by atoms with Gasteiger partial charge in [-0.05, 0) is 43.7 Å². The van der Waals surface area contributed by atoms with E-state index in [4.69, 9.17) is 0 Å². The summed E-state index contributed by atoms with van der Waals surface area (Å²) in [6, 6.07) is 2.46. The molecule has 0 aliphatic heterocycles. The molecule has 0 unspecified atom stereocenters. The quantitative estimate of drug-likeness (QED) is 0.787. The smallest absolute Gasteiger partial charge is 0.241 e. The van der Waals surface area contributed by atoms with Crippen molar-refractivity contribution in [2.45, 2.75) is 25.7 Å². The van der Waals surface area contributed by atoms with Crippen LogP contribution in [0.4, 0.5) is 4.39 Å². The number of aryl methyl sites for hydroxylation is 2. The summed E-state index contributed by atoms with van der Waals surface area (Å²) in [5, 5.41) is 3.02. The van der Waals surface area contributed by atoms with Crippen molar-refractivity contribution >= 4 is 22.4 Å². The number of likely N-dealkylation sites (N-methyl/N-ethyl adjacent to an activating group) is 1. The zero-order chi connectivity index (χ0) is 13.8. The van der Waals surface area contributed by atoms with E-state index in [1.165, 1.54) is 12.1 Å². The van der Waals surface area contributed by atoms with Gasteiger partial charge in [0.25, 0.3) is 0 Å². The number of nitrogens with one attached hydrogen (secondary N) is 2. The number of hydrogen-bond donors (Lipinski definition) is 2. The second-order valence-corrected chi connectivity index (χ2v) is 5.82. The first kappa shape index (κ1) is 18.3. The Morgan fingerprint density at radius 3 is 2.16 bits per heavy atom. The zero-order valence-electron chi connectivity index (χ0n) is 11.3. The predicted molar refractivity (Wildman–Crippen MR) is 76.9 cm³/mol. The minimum Gasteiger partial charge on any atom is -0.316 e. The first-order chi connectivity index (χ1) is 8.38. The van der Waals surface area contributed by atoms with Crippen LogP contribution in [0, 0.1) is 19.7 Å². The van der Waals surface area contributed by atoms with E-state index in [0.29, 0.717) is 24.2 Å². The lowest BCUT2D eigenvalue weighted by molar-refractivity contribution is 0.574. The molecule has 0 atom stereocenters. The summed E-state index contributed by atoms with van der Waals surface area (Å²) in [4.78, 5) is 0.167. The van der Waals surface area contributed by atoms with Gasteiger partial charge < -0.3 is 5.32 Å². The summed E-state index contributed by atoms with van der Waals surface area (Å²) in [7, 11) is -3.58. The van der Waals surface area contributed by atoms with E-state index >= 15 is 0 Å². The van der Waals surface area contributed by atoms with Crippen molar-refractivity contribution in [2.75, 3.05) is 19.6 Å². The van der Waals surface area contributed by atoms with Crippen LogP contribution in [0.5, 0.6) is 0 Å². The van der Waals surface area contributed by atoms with Crippen molar-refractivity contribution in [1.29, 1.82) is 0 Å². The minimum atomic E-state index is -3.58. The van der Waals surface area contributed by atoms with Crippen molar-refractivity contribution < 1.29 is 12.8 Å². The van der Waals surface area contributed by atoms with Gasteiger partial charge in [0, 0.05) is 13.1 Å². The summed E-state index contributed by atoms with van der Waals surface area (Å²) in [6.07, 6.45) is 0. The predicted octanol–water partition coefficient (Wildman–Crippen LogP) is 1.75. The molecule has 0 aliphatic carbocycles. The zero-order valence-corrected chi connectivity index (χ0v) is 12.9. The number of halogens is 2. The second-order valence-electron chi connectivity index (χ2n) is 4.12. The molecule has 1 rings (SSSR count). The molecule has 0 heterocycles. The molecule has 4 nitrogen and oxygen atoms in total. The van der Waals surface area contributed by atoms with Gasteiger partial charge in [0.1, 0.15) is 5.82 Å². The van der Waals surface area contributed by atoms with E-state index < -0.39 is 15.8 Å². The average Bonchev–Trinajstić information content (AvgIpc) is 2.22. The van der Waals surface area contributed by atoms with Gasteiger partial charge in [0.15, 0.2) is 0 Å². The van der Waals surface area contributed by atoms with Crippen LogP contribution in [-0.4, -0.2) is 28.1 Å². The average molecular weight is 311 g/mol. The van der Waals surface area contributed by atoms with Gasteiger partial charge in [0.05, 0.1) is 4.90 Å². The van der Waals surface area contributed by atoms with Gasteiger partial charge in [-0.2, -0.15) is 0 Å². The van der Waals surface area contributed by atoms with E-state index in [0.717, 1.165) is 6.54 Å². The normalized spacial score (nSPS) is 11.2. The molecule has 0 aromatic heterocycles. The lowest BCUT2D eigenvalue weighted by Gasteiger charge is -2.12. The molecule has 0 aliphatic rings. The largest absolute Gasteiger partial charge is 0.316 e. The van der Waals surface area contributed by atoms with Crippen LogP contribution in [-0.2, 0) is 10.0 Å². The Balaban J connectivity index is 0.00000324. The van der Waals surface area contributed by atoms with Gasteiger partial charge in [0.2, 0.25) is 10.0 Å². The van der Waals surface area contributed by atoms with Gasteiger partial charge >= 0.3 is 0 Å². The van der Waals surface area contributed by atoms with Crippen molar-refractivity contribution in [1.82, 2.24) is 10.0 Å². The van der Waals surface area contributed by atoms with Crippen molar-refractivity contribution in [3.8, 4) is 0 Å². The number of sulfonamides is 1. The third kappa shape index (κ3) is 5.06. The molecule has 2 N–H and O–H groups in total. The fourth-order valence-corrected chi connectivity index (χ4v) is 3.32. The Bertz CT molecular complexity index is 497. The van der Waals surface area contributed by atoms with Gasteiger partial charge in [-0.25, -0.2) is 17.5 Å². The monoisotopic (exact) mass is 310 g/mol. The van der Waals surface area contributed by atoms with Crippen molar-refractivity contribution in [2.24, 2.45) is 0 Å². The van der Waals surface area contributed by atoms with Crippen LogP contribution in [0.1, 0.15) is 18.1 Å². The molecule has 0 fully saturated rings. The highest BCUT2D eigenvalue weighted by Gasteiger charge is 2.19. The van der Waals surface area contributed by atoms with Crippen molar-refractivity contribution in [3.05, 3.63) is 29.1 Å². The van der Waals surface area contributed by atoms with Gasteiger partial charge in [-0.3, -0.25) is 0 Å². The molecule has 0 amide bonds. The molecule has 0 spiro atoms. The molecule has 110 valence electrons. The summed E-state index contributed by atoms with van der Waals surface area (Å²) >= 11 is 0. The van der Waals surface area contributed by atoms with Crippen LogP contribution >= 0.6 is 12.4 Å². The minimum absolute atomic E-state index is 0. The fourth-order valence-electron chi connectivity index (χ4n) is 1.84. The fraction of sp³-hybridized carbons (Fsp3) is 0.500. The maximum atomic E-state index is 13.1. The third-order valence-corrected chi connectivity index (χ3v) is 4.30. The lowest BCUT2D eigenvalue weighted by Crippen LogP contribution is -2.32. The van der Waals surface area contributed by atoms with E-state index in [2.05, 4.69) is 10.0 Å². The maximum Gasteiger partial charge on any atom is 0.241 e. The first-order valence-electron chi connectivity index (χ1n) is 5.85. The van der Waals surface area contributed by atoms with Gasteiger partial charge in [-0.1, -0.05) is 6.92 Å². The van der Waals surface area contributed by atoms with E-state index in [1.807, 2.05) is 6.92 Å². The van der Waals surface area contributed by atoms with Crippen LogP contribution in [0.2, 0.25) is 0 Å². The molecule has 0 saturated heterocycles. The van der Waals surface area contributed by atoms with Crippen LogP contribution in [0.25, 0.3) is 0 Å². The van der Waals surface area contributed by atoms with Gasteiger partial charge in [-0.15, -0.1) is 12.4 Å². The molecule has 0 saturated carbocycles. The number of benzene rings is 1. The Morgan fingerprint density at radius 1 is 1.16 bits per heavy atom. The highest BCUT2D eigenvalue weighted by molar-refractivity contribution is 7.89. The van der Waals surface area contributed by atoms with E-state index in [1.54, 1.807) is 13.8 Å². The highest BCUT2D eigenvalue weighted by Crippen LogP contribution is 2.20. The number of hydrogen-bond acceptors (Lipinski definition) is 3. The van der Waals surface area contributed by atoms with E-state index in [-0.39, 0.29) is 17.3 Å². The maximum absolute atomic E-state index is 13.1. The Labute approximate surface area is 120 Å². The Kier molecular flexibility index (Phi) is 7.51. The molecule has 1 aromatic carbocycles. The molecule has 19 heavy (non-hydrogen) atoms. The SMILES string of the molecule is CCNCCNS(=O)(=O)c1c(C)cc(F)cc1C.Cl. The summed E-state index contributed by atoms with van der Waals surface area (Å²) in [5.74, 6) is -0.420. The summed E-state index contributed by atoms with van der Waals surface area (Å²) < 4.78 is 39.8. The third-order valence-electron chi connectivity index (χ3n) is 2.54. The summed E-state index contributed by atoms with van der Waals surface area (Å²) in [5.41, 5.74) is 0.840. The molecule has 7 heteroatoms. The summed E-state index contributed by atoms with van der Waals surface area (Å²) in [6.45, 7) is 6.80. The Morgan fingerprint density at radius 2 is 1.68 bits per heavy atom. The van der Waals surface area contributed by atoms with Crippen LogP contribution in [0.3, 0.4) is 0 Å². The first-order valence-corrected chi connectivity index (χ1v) is 7.34. The van der Waals surface area contributed by atoms with Crippen LogP contribution < -0.4 is 10.0 Å². The molecular weight excluding hydrogens is 291 g/mol. The van der Waals surface area contributed by atoms with E-state index in [9.17, 15) is 12.8 Å². The molecule has 0 radical (unpaired) electrons. The number of rotatable bonds is 6. The molecular formula is C12H20ClFN2O2S.